The Labute approximate surface area is 190 Å². The zero-order valence-electron chi connectivity index (χ0n) is 18.3. The van der Waals surface area contributed by atoms with Gasteiger partial charge in [-0.3, -0.25) is 5.32 Å². The summed E-state index contributed by atoms with van der Waals surface area (Å²) < 4.78 is 31.2. The fourth-order valence-corrected chi connectivity index (χ4v) is 3.53. The molecule has 10 heteroatoms. The van der Waals surface area contributed by atoms with Crippen LogP contribution in [0, 0.1) is 5.82 Å². The molecule has 1 aliphatic rings. The number of hydrogen-bond donors (Lipinski definition) is 2. The van der Waals surface area contributed by atoms with Crippen molar-refractivity contribution in [1.82, 2.24) is 9.97 Å². The number of anilines is 4. The number of halogens is 1. The molecule has 0 spiro atoms. The van der Waals surface area contributed by atoms with E-state index in [0.29, 0.717) is 43.3 Å². The van der Waals surface area contributed by atoms with Gasteiger partial charge in [0.1, 0.15) is 11.4 Å². The Morgan fingerprint density at radius 2 is 1.79 bits per heavy atom. The molecule has 4 rings (SSSR count). The minimum atomic E-state index is -0.771. The maximum atomic E-state index is 15.7. The lowest BCUT2D eigenvalue weighted by Gasteiger charge is -2.30. The fraction of sp³-hybridized carbons (Fsp3) is 0.261. The van der Waals surface area contributed by atoms with Gasteiger partial charge in [-0.05, 0) is 24.3 Å². The summed E-state index contributed by atoms with van der Waals surface area (Å²) in [6.45, 7) is 2.65. The first kappa shape index (κ1) is 22.3. The Hall–Kier alpha value is -3.92. The fourth-order valence-electron chi connectivity index (χ4n) is 3.53. The molecule has 2 N–H and O–H groups in total. The molecule has 1 saturated heterocycles. The average molecular weight is 453 g/mol. The number of nitrogens with one attached hydrogen (secondary N) is 2. The average Bonchev–Trinajstić information content (AvgIpc) is 2.86. The van der Waals surface area contributed by atoms with Gasteiger partial charge >= 0.3 is 6.09 Å². The quantitative estimate of drug-likeness (QED) is 0.577. The Kier molecular flexibility index (Phi) is 6.84. The van der Waals surface area contributed by atoms with Crippen LogP contribution < -0.4 is 20.3 Å². The van der Waals surface area contributed by atoms with Gasteiger partial charge in [0.15, 0.2) is 11.6 Å². The molecule has 1 aromatic heterocycles. The van der Waals surface area contributed by atoms with Gasteiger partial charge in [-0.15, -0.1) is 0 Å². The largest absolute Gasteiger partial charge is 0.496 e. The van der Waals surface area contributed by atoms with Crippen LogP contribution in [0.1, 0.15) is 0 Å². The third-order valence-corrected chi connectivity index (χ3v) is 5.12. The van der Waals surface area contributed by atoms with Crippen molar-refractivity contribution >= 4 is 29.2 Å². The molecule has 0 bridgehead atoms. The third kappa shape index (κ3) is 4.96. The highest BCUT2D eigenvalue weighted by molar-refractivity contribution is 5.84. The molecule has 2 heterocycles. The number of hydrogen-bond acceptors (Lipinski definition) is 8. The summed E-state index contributed by atoms with van der Waals surface area (Å²) in [6.07, 6.45) is -0.771. The standard InChI is InChI=1S/C23H24FN5O4/c1-31-18-10-6-3-7-15(18)20-19(24)21(27-22(26-20)28-23(30)32-2)25-16-8-4-5-9-17(16)29-11-13-33-14-12-29/h3-10H,11-14H2,1-2H3,(H2,25,26,27,28,30). The number of methoxy groups -OCH3 is 2. The van der Waals surface area contributed by atoms with Gasteiger partial charge in [-0.25, -0.2) is 14.2 Å². The molecule has 3 aromatic rings. The number of benzene rings is 2. The minimum absolute atomic E-state index is 0.0276. The lowest BCUT2D eigenvalue weighted by Crippen LogP contribution is -2.36. The van der Waals surface area contributed by atoms with Gasteiger partial charge in [-0.2, -0.15) is 4.98 Å². The second-order valence-corrected chi connectivity index (χ2v) is 7.12. The number of carbonyl (C=O) groups is 1. The predicted molar refractivity (Wildman–Crippen MR) is 123 cm³/mol. The van der Waals surface area contributed by atoms with Gasteiger partial charge in [0.05, 0.1) is 38.8 Å². The summed E-state index contributed by atoms with van der Waals surface area (Å²) >= 11 is 0. The third-order valence-electron chi connectivity index (χ3n) is 5.12. The first-order valence-corrected chi connectivity index (χ1v) is 10.4. The molecular weight excluding hydrogens is 429 g/mol. The lowest BCUT2D eigenvalue weighted by atomic mass is 10.1. The predicted octanol–water partition coefficient (Wildman–Crippen LogP) is 4.05. The number of carbonyl (C=O) groups excluding carboxylic acids is 1. The van der Waals surface area contributed by atoms with Gasteiger partial charge in [-0.1, -0.05) is 24.3 Å². The topological polar surface area (TPSA) is 97.8 Å². The molecule has 0 saturated carbocycles. The van der Waals surface area contributed by atoms with Crippen LogP contribution >= 0.6 is 0 Å². The normalized spacial score (nSPS) is 13.4. The van der Waals surface area contributed by atoms with Gasteiger partial charge < -0.3 is 24.4 Å². The molecule has 1 fully saturated rings. The zero-order valence-corrected chi connectivity index (χ0v) is 18.3. The zero-order chi connectivity index (χ0) is 23.2. The van der Waals surface area contributed by atoms with Crippen molar-refractivity contribution in [3.63, 3.8) is 0 Å². The first-order valence-electron chi connectivity index (χ1n) is 10.4. The monoisotopic (exact) mass is 453 g/mol. The number of morpholine rings is 1. The van der Waals surface area contributed by atoms with Gasteiger partial charge in [0.2, 0.25) is 5.95 Å². The summed E-state index contributed by atoms with van der Waals surface area (Å²) in [5, 5.41) is 5.49. The van der Waals surface area contributed by atoms with Crippen molar-refractivity contribution in [3.8, 4) is 17.0 Å². The number of rotatable bonds is 6. The van der Waals surface area contributed by atoms with Crippen molar-refractivity contribution < 1.29 is 23.4 Å². The second kappa shape index (κ2) is 10.1. The van der Waals surface area contributed by atoms with Crippen LogP contribution in [0.15, 0.2) is 48.5 Å². The highest BCUT2D eigenvalue weighted by atomic mass is 19.1. The molecule has 0 radical (unpaired) electrons. The molecular formula is C23H24FN5O4. The van der Waals surface area contributed by atoms with E-state index in [-0.39, 0.29) is 17.5 Å². The van der Waals surface area contributed by atoms with Crippen molar-refractivity contribution in [2.75, 3.05) is 56.1 Å². The number of aromatic nitrogens is 2. The second-order valence-electron chi connectivity index (χ2n) is 7.12. The Morgan fingerprint density at radius 1 is 1.06 bits per heavy atom. The van der Waals surface area contributed by atoms with E-state index in [2.05, 4.69) is 30.2 Å². The molecule has 0 unspecified atom stereocenters. The van der Waals surface area contributed by atoms with Crippen LogP contribution in [0.5, 0.6) is 5.75 Å². The molecule has 1 aliphatic heterocycles. The molecule has 9 nitrogen and oxygen atoms in total. The van der Waals surface area contributed by atoms with Crippen molar-refractivity contribution in [3.05, 3.63) is 54.3 Å². The van der Waals surface area contributed by atoms with Crippen LogP contribution in [0.25, 0.3) is 11.3 Å². The van der Waals surface area contributed by atoms with E-state index in [1.54, 1.807) is 24.3 Å². The molecule has 2 aromatic carbocycles. The van der Waals surface area contributed by atoms with Crippen LogP contribution in [0.2, 0.25) is 0 Å². The van der Waals surface area contributed by atoms with Crippen molar-refractivity contribution in [2.45, 2.75) is 0 Å². The Bertz CT molecular complexity index is 1140. The molecule has 172 valence electrons. The summed E-state index contributed by atoms with van der Waals surface area (Å²) in [5.41, 5.74) is 1.93. The van der Waals surface area contributed by atoms with E-state index in [0.717, 1.165) is 5.69 Å². The van der Waals surface area contributed by atoms with E-state index in [1.165, 1.54) is 14.2 Å². The SMILES string of the molecule is COC(=O)Nc1nc(Nc2ccccc2N2CCOCC2)c(F)c(-c2ccccc2OC)n1. The van der Waals surface area contributed by atoms with E-state index >= 15 is 4.39 Å². The van der Waals surface area contributed by atoms with Crippen LogP contribution in [-0.2, 0) is 9.47 Å². The van der Waals surface area contributed by atoms with Crippen LogP contribution in [0.3, 0.4) is 0 Å². The molecule has 0 atom stereocenters. The Morgan fingerprint density at radius 3 is 2.55 bits per heavy atom. The van der Waals surface area contributed by atoms with Crippen molar-refractivity contribution in [1.29, 1.82) is 0 Å². The van der Waals surface area contributed by atoms with E-state index < -0.39 is 11.9 Å². The van der Waals surface area contributed by atoms with Gasteiger partial charge in [0, 0.05) is 18.7 Å². The number of nitrogens with zero attached hydrogens (tertiary/aromatic N) is 3. The van der Waals surface area contributed by atoms with Gasteiger partial charge in [0.25, 0.3) is 0 Å². The minimum Gasteiger partial charge on any atom is -0.496 e. The van der Waals surface area contributed by atoms with Crippen LogP contribution in [-0.4, -0.2) is 56.6 Å². The molecule has 1 amide bonds. The smallest absolute Gasteiger partial charge is 0.413 e. The molecule has 33 heavy (non-hydrogen) atoms. The van der Waals surface area contributed by atoms with E-state index in [4.69, 9.17) is 9.47 Å². The van der Waals surface area contributed by atoms with E-state index in [1.807, 2.05) is 24.3 Å². The maximum absolute atomic E-state index is 15.7. The lowest BCUT2D eigenvalue weighted by molar-refractivity contribution is 0.123. The van der Waals surface area contributed by atoms with Crippen molar-refractivity contribution in [2.24, 2.45) is 0 Å². The highest BCUT2D eigenvalue weighted by Gasteiger charge is 2.22. The summed E-state index contributed by atoms with van der Waals surface area (Å²) in [7, 11) is 2.71. The number of ether oxygens (including phenoxy) is 3. The highest BCUT2D eigenvalue weighted by Crippen LogP contribution is 2.35. The first-order chi connectivity index (χ1) is 16.1. The number of amides is 1. The maximum Gasteiger partial charge on any atom is 0.413 e. The van der Waals surface area contributed by atoms with Crippen LogP contribution in [0.4, 0.5) is 32.3 Å². The summed E-state index contributed by atoms with van der Waals surface area (Å²) in [4.78, 5) is 22.3. The Balaban J connectivity index is 1.78. The summed E-state index contributed by atoms with van der Waals surface area (Å²) in [5.74, 6) is -0.473. The molecule has 0 aliphatic carbocycles. The number of para-hydroxylation sites is 3. The summed E-state index contributed by atoms with van der Waals surface area (Å²) in [6, 6.07) is 14.4. The van der Waals surface area contributed by atoms with E-state index in [9.17, 15) is 4.79 Å².